The Hall–Kier alpha value is -4.69. The molecule has 2 aliphatic carbocycles. The van der Waals surface area contributed by atoms with Crippen LogP contribution in [0, 0.1) is 0 Å². The fourth-order valence-corrected chi connectivity index (χ4v) is 8.03. The summed E-state index contributed by atoms with van der Waals surface area (Å²) < 4.78 is 3.50. The molecule has 2 aromatic carbocycles. The number of allylic oxidation sites excluding steroid dienone is 2. The van der Waals surface area contributed by atoms with E-state index in [1.54, 1.807) is 41.1 Å². The van der Waals surface area contributed by atoms with E-state index in [0.717, 1.165) is 35.4 Å². The number of benzene rings is 2. The van der Waals surface area contributed by atoms with E-state index < -0.39 is 6.10 Å². The molecule has 6 heterocycles. The van der Waals surface area contributed by atoms with Crippen molar-refractivity contribution in [2.75, 3.05) is 26.2 Å². The first-order valence-corrected chi connectivity index (χ1v) is 18.9. The number of aliphatic imine (C=N–C) groups is 2. The van der Waals surface area contributed by atoms with Gasteiger partial charge in [-0.15, -0.1) is 0 Å². The SMILES string of the molecule is CC(=O)c1cn(C2=NCC(=O)N3CCc4c(cccc4C4CC4)C3=C2)cn1.CC(O)c1cn(C2=NCC(=O)N3CCc4c(cccc4C4CC4)C3=C2)cn1.[B].[H-].[Na+]. The fourth-order valence-electron chi connectivity index (χ4n) is 8.03. The van der Waals surface area contributed by atoms with E-state index in [4.69, 9.17) is 0 Å². The van der Waals surface area contributed by atoms with Crippen molar-refractivity contribution < 1.29 is 50.5 Å². The van der Waals surface area contributed by atoms with Crippen LogP contribution in [0.2, 0.25) is 0 Å². The van der Waals surface area contributed by atoms with Gasteiger partial charge < -0.3 is 16.3 Å². The van der Waals surface area contributed by atoms with Crippen LogP contribution in [-0.2, 0) is 22.4 Å². The number of aliphatic hydroxyl groups excluding tert-OH is 1. The van der Waals surface area contributed by atoms with Gasteiger partial charge in [-0.3, -0.25) is 33.5 Å². The molecule has 1 unspecified atom stereocenters. The first-order valence-electron chi connectivity index (χ1n) is 18.9. The van der Waals surface area contributed by atoms with E-state index in [-0.39, 0.29) is 70.1 Å². The van der Waals surface area contributed by atoms with Crippen molar-refractivity contribution in [3.05, 3.63) is 118 Å². The van der Waals surface area contributed by atoms with Crippen LogP contribution < -0.4 is 29.6 Å². The molecule has 56 heavy (non-hydrogen) atoms. The first-order chi connectivity index (χ1) is 26.2. The zero-order valence-electron chi connectivity index (χ0n) is 33.1. The minimum atomic E-state index is -0.639. The van der Waals surface area contributed by atoms with Crippen LogP contribution in [0.15, 0.2) is 83.6 Å². The number of imidazole rings is 2. The van der Waals surface area contributed by atoms with Gasteiger partial charge in [-0.2, -0.15) is 0 Å². The third-order valence-electron chi connectivity index (χ3n) is 11.2. The summed E-state index contributed by atoms with van der Waals surface area (Å²) in [5, 5.41) is 9.75. The molecule has 1 atom stereocenters. The van der Waals surface area contributed by atoms with Gasteiger partial charge in [0.05, 0.1) is 23.2 Å². The number of nitrogens with zero attached hydrogens (tertiary/aromatic N) is 8. The topological polar surface area (TPSA) is 138 Å². The minimum Gasteiger partial charge on any atom is -1.00 e. The van der Waals surface area contributed by atoms with Crippen LogP contribution in [0.4, 0.5) is 0 Å². The van der Waals surface area contributed by atoms with Crippen molar-refractivity contribution in [1.29, 1.82) is 0 Å². The van der Waals surface area contributed by atoms with Crippen LogP contribution in [0.5, 0.6) is 0 Å². The second-order valence-electron chi connectivity index (χ2n) is 14.9. The number of Topliss-reactive ketones (excluding diaryl/α,β-unsaturated/α-hetero) is 1. The number of amides is 2. The number of carbonyl (C=O) groups excluding carboxylic acids is 3. The number of rotatable bonds is 4. The van der Waals surface area contributed by atoms with Crippen molar-refractivity contribution in [2.24, 2.45) is 9.98 Å². The van der Waals surface area contributed by atoms with E-state index in [1.165, 1.54) is 54.9 Å². The van der Waals surface area contributed by atoms with Crippen molar-refractivity contribution in [3.63, 3.8) is 0 Å². The summed E-state index contributed by atoms with van der Waals surface area (Å²) in [6, 6.07) is 12.9. The summed E-state index contributed by atoms with van der Waals surface area (Å²) in [6.45, 7) is 4.78. The molecule has 10 rings (SSSR count). The van der Waals surface area contributed by atoms with Gasteiger partial charge in [0.15, 0.2) is 5.78 Å². The molecule has 0 bridgehead atoms. The molecule has 3 radical (unpaired) electrons. The second-order valence-corrected chi connectivity index (χ2v) is 14.9. The number of aromatic nitrogens is 4. The molecule has 6 aliphatic rings. The summed E-state index contributed by atoms with van der Waals surface area (Å²) in [5.41, 5.74) is 10.7. The third-order valence-corrected chi connectivity index (χ3v) is 11.2. The van der Waals surface area contributed by atoms with Gasteiger partial charge in [0.1, 0.15) is 43.1 Å². The molecule has 2 saturated carbocycles. The van der Waals surface area contributed by atoms with Crippen LogP contribution in [0.3, 0.4) is 0 Å². The molecular formula is C42H43BN8NaO4. The Labute approximate surface area is 351 Å². The Kier molecular flexibility index (Phi) is 11.3. The second kappa shape index (κ2) is 16.1. The Morgan fingerprint density at radius 2 is 1.25 bits per heavy atom. The minimum absolute atomic E-state index is 0. The van der Waals surface area contributed by atoms with Gasteiger partial charge in [-0.25, -0.2) is 9.97 Å². The average molecular weight is 758 g/mol. The molecule has 4 aromatic rings. The molecule has 0 saturated heterocycles. The van der Waals surface area contributed by atoms with E-state index in [1.807, 2.05) is 22.0 Å². The molecule has 14 heteroatoms. The molecule has 0 spiro atoms. The van der Waals surface area contributed by atoms with E-state index >= 15 is 0 Å². The summed E-state index contributed by atoms with van der Waals surface area (Å²) >= 11 is 0. The molecular weight excluding hydrogens is 714 g/mol. The van der Waals surface area contributed by atoms with Crippen molar-refractivity contribution in [3.8, 4) is 0 Å². The van der Waals surface area contributed by atoms with E-state index in [2.05, 4.69) is 56.4 Å². The smallest absolute Gasteiger partial charge is 1.00 e. The standard InChI is InChI=1S/C21H22N4O2.C21H20N4O2.B.Na.H/c2*1-13(26)18-11-24(12-23-18)20-9-19-17-4-2-3-15(14-5-6-14)16(17)7-8-25(19)21(27)10-22-20;;;/h2-4,9,11-14,26H,5-8,10H2,1H3;2-4,9,11-12,14H,5-8,10H2,1H3;;;/q;;;+1;-1. The number of hydrogen-bond donors (Lipinski definition) is 1. The van der Waals surface area contributed by atoms with Gasteiger partial charge in [0.2, 0.25) is 11.8 Å². The van der Waals surface area contributed by atoms with Crippen LogP contribution >= 0.6 is 0 Å². The number of ketones is 1. The molecule has 4 aliphatic heterocycles. The van der Waals surface area contributed by atoms with Gasteiger partial charge in [-0.05, 0) is 79.5 Å². The van der Waals surface area contributed by atoms with Gasteiger partial charge in [0.25, 0.3) is 0 Å². The van der Waals surface area contributed by atoms with Crippen molar-refractivity contribution in [1.82, 2.24) is 28.9 Å². The maximum absolute atomic E-state index is 12.7. The normalized spacial score (nSPS) is 19.0. The third kappa shape index (κ3) is 7.57. The van der Waals surface area contributed by atoms with Crippen LogP contribution in [0.25, 0.3) is 11.4 Å². The van der Waals surface area contributed by atoms with Crippen LogP contribution in [-0.4, -0.2) is 97.9 Å². The Morgan fingerprint density at radius 3 is 1.68 bits per heavy atom. The fraction of sp³-hybridized carbons (Fsp3) is 0.357. The van der Waals surface area contributed by atoms with Crippen LogP contribution in [0.1, 0.15) is 108 Å². The van der Waals surface area contributed by atoms with Gasteiger partial charge >= 0.3 is 29.6 Å². The molecule has 2 amide bonds. The average Bonchev–Trinajstić information content (AvgIpc) is 4.11. The molecule has 2 aromatic heterocycles. The maximum Gasteiger partial charge on any atom is 1.00 e. The monoisotopic (exact) mass is 757 g/mol. The Balaban J connectivity index is 0.000000183. The number of fused-ring (bicyclic) bond motifs is 6. The summed E-state index contributed by atoms with van der Waals surface area (Å²) in [6.07, 6.45) is 16.8. The molecule has 279 valence electrons. The van der Waals surface area contributed by atoms with Crippen molar-refractivity contribution in [2.45, 2.75) is 70.3 Å². The predicted molar refractivity (Wildman–Crippen MR) is 211 cm³/mol. The zero-order valence-corrected chi connectivity index (χ0v) is 34.1. The van der Waals surface area contributed by atoms with E-state index in [0.29, 0.717) is 48.0 Å². The number of hydrogen-bond acceptors (Lipinski definition) is 8. The summed E-state index contributed by atoms with van der Waals surface area (Å²) in [4.78, 5) is 58.0. The molecule has 1 N–H and O–H groups in total. The zero-order chi connectivity index (χ0) is 37.1. The predicted octanol–water partition coefficient (Wildman–Crippen LogP) is 1.88. The summed E-state index contributed by atoms with van der Waals surface area (Å²) in [7, 11) is 0. The van der Waals surface area contributed by atoms with Crippen molar-refractivity contribution >= 4 is 49.1 Å². The maximum atomic E-state index is 12.7. The van der Waals surface area contributed by atoms with Gasteiger partial charge in [0, 0.05) is 64.1 Å². The summed E-state index contributed by atoms with van der Waals surface area (Å²) in [5.74, 6) is 2.60. The Morgan fingerprint density at radius 1 is 0.768 bits per heavy atom. The quantitative estimate of drug-likeness (QED) is 0.250. The van der Waals surface area contributed by atoms with Gasteiger partial charge in [-0.1, -0.05) is 36.4 Å². The molecule has 2 fully saturated rings. The largest absolute Gasteiger partial charge is 1.00 e. The van der Waals surface area contributed by atoms with E-state index in [9.17, 15) is 19.5 Å². The Bertz CT molecular complexity index is 2360. The first kappa shape index (κ1) is 39.5. The number of aliphatic hydroxyl groups is 1. The molecule has 12 nitrogen and oxygen atoms in total. The number of carbonyl (C=O) groups is 3.